The Morgan fingerprint density at radius 1 is 0.950 bits per heavy atom. The van der Waals surface area contributed by atoms with Gasteiger partial charge in [0.15, 0.2) is 0 Å². The Hall–Kier alpha value is -5.02. The van der Waals surface area contributed by atoms with Crippen molar-refractivity contribution in [3.8, 4) is 23.8 Å². The van der Waals surface area contributed by atoms with E-state index in [1.54, 1.807) is 18.2 Å². The maximum absolute atomic E-state index is 13.8. The summed E-state index contributed by atoms with van der Waals surface area (Å²) in [7, 11) is 0. The van der Waals surface area contributed by atoms with Crippen LogP contribution in [0.4, 0.5) is 5.69 Å². The molecule has 0 spiro atoms. The Morgan fingerprint density at radius 3 is 2.58 bits per heavy atom. The van der Waals surface area contributed by atoms with Crippen molar-refractivity contribution in [1.82, 2.24) is 4.98 Å². The molecule has 2 heterocycles. The minimum absolute atomic E-state index is 0.118. The smallest absolute Gasteiger partial charge is 0.311 e. The molecule has 1 N–H and O–H groups in total. The number of ether oxygens (including phenoxy) is 2. The Kier molecular flexibility index (Phi) is 6.95. The molecule has 0 saturated heterocycles. The number of terminal acetylenes is 1. The molecule has 5 aromatic rings. The van der Waals surface area contributed by atoms with Gasteiger partial charge in [0.25, 0.3) is 5.91 Å². The van der Waals surface area contributed by atoms with Crippen molar-refractivity contribution < 1.29 is 19.1 Å². The van der Waals surface area contributed by atoms with E-state index < -0.39 is 0 Å². The number of unbranched alkanes of at least 4 members (excludes halogenated alkanes) is 1. The lowest BCUT2D eigenvalue weighted by Crippen LogP contribution is -2.29. The van der Waals surface area contributed by atoms with Crippen molar-refractivity contribution in [2.24, 2.45) is 0 Å². The summed E-state index contributed by atoms with van der Waals surface area (Å²) < 4.78 is 11.8. The molecule has 6 nitrogen and oxygen atoms in total. The first-order valence-electron chi connectivity index (χ1n) is 13.4. The topological polar surface area (TPSA) is 71.6 Å². The molecule has 0 saturated carbocycles. The van der Waals surface area contributed by atoms with Crippen LogP contribution in [0.2, 0.25) is 0 Å². The van der Waals surface area contributed by atoms with E-state index in [9.17, 15) is 9.59 Å². The lowest BCUT2D eigenvalue weighted by Gasteiger charge is -2.19. The number of amides is 1. The molecule has 1 amide bonds. The number of anilines is 1. The Balaban J connectivity index is 1.26. The quantitative estimate of drug-likeness (QED) is 0.104. The minimum Gasteiger partial charge on any atom is -0.488 e. The maximum Gasteiger partial charge on any atom is 0.311 e. The zero-order chi connectivity index (χ0) is 27.5. The Morgan fingerprint density at radius 2 is 1.75 bits per heavy atom. The van der Waals surface area contributed by atoms with E-state index in [0.717, 1.165) is 50.7 Å². The number of aromatic nitrogens is 1. The number of rotatable bonds is 8. The van der Waals surface area contributed by atoms with Crippen LogP contribution in [0.5, 0.6) is 11.5 Å². The Labute approximate surface area is 232 Å². The van der Waals surface area contributed by atoms with Gasteiger partial charge in [-0.3, -0.25) is 9.59 Å². The number of aromatic amines is 1. The molecule has 198 valence electrons. The molecule has 0 atom stereocenters. The molecule has 40 heavy (non-hydrogen) atoms. The van der Waals surface area contributed by atoms with Crippen LogP contribution in [-0.4, -0.2) is 23.4 Å². The van der Waals surface area contributed by atoms with Crippen LogP contribution in [0.25, 0.3) is 21.7 Å². The van der Waals surface area contributed by atoms with Gasteiger partial charge in [-0.15, -0.1) is 12.3 Å². The van der Waals surface area contributed by atoms with E-state index in [2.05, 4.69) is 23.0 Å². The van der Waals surface area contributed by atoms with Crippen LogP contribution in [0.3, 0.4) is 0 Å². The fourth-order valence-corrected chi connectivity index (χ4v) is 5.25. The third kappa shape index (κ3) is 5.02. The third-order valence-corrected chi connectivity index (χ3v) is 7.21. The van der Waals surface area contributed by atoms with Crippen LogP contribution in [0.15, 0.2) is 84.9 Å². The SMILES string of the molecule is C#CCCCC(=O)Oc1ccc2[nH]c(C(=O)N3CCc4c3cc(OCc3ccccc3)c3ccccc43)cc2c1. The highest BCUT2D eigenvalue weighted by Gasteiger charge is 2.29. The molecule has 0 aliphatic carbocycles. The average molecular weight is 529 g/mol. The lowest BCUT2D eigenvalue weighted by atomic mass is 10.0. The van der Waals surface area contributed by atoms with Crippen LogP contribution >= 0.6 is 0 Å². The summed E-state index contributed by atoms with van der Waals surface area (Å²) in [4.78, 5) is 30.9. The van der Waals surface area contributed by atoms with Crippen molar-refractivity contribution in [2.75, 3.05) is 11.4 Å². The fraction of sp³-hybridized carbons (Fsp3) is 0.176. The number of carbonyl (C=O) groups is 2. The summed E-state index contributed by atoms with van der Waals surface area (Å²) in [6, 6.07) is 27.3. The molecular weight excluding hydrogens is 500 g/mol. The zero-order valence-corrected chi connectivity index (χ0v) is 22.0. The summed E-state index contributed by atoms with van der Waals surface area (Å²) in [6.07, 6.45) is 7.40. The molecule has 0 fully saturated rings. The van der Waals surface area contributed by atoms with Gasteiger partial charge >= 0.3 is 5.97 Å². The number of hydrogen-bond donors (Lipinski definition) is 1. The van der Waals surface area contributed by atoms with Gasteiger partial charge in [0.2, 0.25) is 0 Å². The third-order valence-electron chi connectivity index (χ3n) is 7.21. The summed E-state index contributed by atoms with van der Waals surface area (Å²) in [5.74, 6) is 3.27. The van der Waals surface area contributed by atoms with Crippen LogP contribution in [0, 0.1) is 12.3 Å². The summed E-state index contributed by atoms with van der Waals surface area (Å²) >= 11 is 0. The van der Waals surface area contributed by atoms with Gasteiger partial charge in [0, 0.05) is 41.7 Å². The van der Waals surface area contributed by atoms with Crippen molar-refractivity contribution in [1.29, 1.82) is 0 Å². The lowest BCUT2D eigenvalue weighted by molar-refractivity contribution is -0.134. The molecule has 6 rings (SSSR count). The number of benzene rings is 4. The molecule has 4 aromatic carbocycles. The number of nitrogens with one attached hydrogen (secondary N) is 1. The van der Waals surface area contributed by atoms with Crippen molar-refractivity contribution in [2.45, 2.75) is 32.3 Å². The average Bonchev–Trinajstić information content (AvgIpc) is 3.60. The second-order valence-corrected chi connectivity index (χ2v) is 9.86. The van der Waals surface area contributed by atoms with Gasteiger partial charge in [-0.2, -0.15) is 0 Å². The highest BCUT2D eigenvalue weighted by molar-refractivity contribution is 6.11. The van der Waals surface area contributed by atoms with Gasteiger partial charge in [0.05, 0.1) is 5.69 Å². The normalized spacial score (nSPS) is 12.3. The molecular formula is C34H28N2O4. The van der Waals surface area contributed by atoms with Gasteiger partial charge in [-0.25, -0.2) is 0 Å². The maximum atomic E-state index is 13.8. The van der Waals surface area contributed by atoms with Crippen molar-refractivity contribution in [3.05, 3.63) is 102 Å². The molecule has 6 heteroatoms. The first-order chi connectivity index (χ1) is 19.6. The van der Waals surface area contributed by atoms with Gasteiger partial charge < -0.3 is 19.4 Å². The largest absolute Gasteiger partial charge is 0.488 e. The van der Waals surface area contributed by atoms with E-state index >= 15 is 0 Å². The van der Waals surface area contributed by atoms with Crippen molar-refractivity contribution >= 4 is 39.2 Å². The zero-order valence-electron chi connectivity index (χ0n) is 22.0. The van der Waals surface area contributed by atoms with Gasteiger partial charge in [-0.05, 0) is 53.6 Å². The van der Waals surface area contributed by atoms with Gasteiger partial charge in [0.1, 0.15) is 23.8 Å². The number of fused-ring (bicyclic) bond motifs is 4. The van der Waals surface area contributed by atoms with E-state index in [0.29, 0.717) is 37.4 Å². The van der Waals surface area contributed by atoms with E-state index in [4.69, 9.17) is 15.9 Å². The number of nitrogens with zero attached hydrogens (tertiary/aromatic N) is 1. The van der Waals surface area contributed by atoms with Crippen LogP contribution < -0.4 is 14.4 Å². The molecule has 0 unspecified atom stereocenters. The van der Waals surface area contributed by atoms with Gasteiger partial charge in [-0.1, -0.05) is 54.6 Å². The number of esters is 1. The molecule has 0 radical (unpaired) electrons. The van der Waals surface area contributed by atoms with E-state index in [1.807, 2.05) is 59.5 Å². The molecule has 0 bridgehead atoms. The van der Waals surface area contributed by atoms with Crippen LogP contribution in [0.1, 0.15) is 40.9 Å². The first-order valence-corrected chi connectivity index (χ1v) is 13.4. The highest BCUT2D eigenvalue weighted by Crippen LogP contribution is 2.41. The molecule has 1 aromatic heterocycles. The number of hydrogen-bond acceptors (Lipinski definition) is 4. The first kappa shape index (κ1) is 25.3. The van der Waals surface area contributed by atoms with Crippen LogP contribution in [-0.2, 0) is 17.8 Å². The second-order valence-electron chi connectivity index (χ2n) is 9.86. The van der Waals surface area contributed by atoms with E-state index in [1.165, 1.54) is 0 Å². The minimum atomic E-state index is -0.326. The fourth-order valence-electron chi connectivity index (χ4n) is 5.25. The second kappa shape index (κ2) is 11.0. The number of H-pyrrole nitrogens is 1. The predicted molar refractivity (Wildman–Crippen MR) is 157 cm³/mol. The summed E-state index contributed by atoms with van der Waals surface area (Å²) in [6.45, 7) is 1.02. The summed E-state index contributed by atoms with van der Waals surface area (Å²) in [5.41, 5.74) is 4.36. The standard InChI is InChI=1S/C34H28N2O4/c1-2-3-5-14-33(37)40-25-15-16-29-24(19-25)20-30(35-29)34(38)36-18-17-27-26-12-8-9-13-28(26)32(21-31(27)36)39-22-23-10-6-4-7-11-23/h1,4,6-13,15-16,19-21,35H,3,5,14,17-18,22H2. The molecule has 1 aliphatic heterocycles. The molecule has 1 aliphatic rings. The van der Waals surface area contributed by atoms with Crippen molar-refractivity contribution in [3.63, 3.8) is 0 Å². The predicted octanol–water partition coefficient (Wildman–Crippen LogP) is 6.81. The van der Waals surface area contributed by atoms with E-state index in [-0.39, 0.29) is 18.3 Å². The number of carbonyl (C=O) groups excluding carboxylic acids is 2. The monoisotopic (exact) mass is 528 g/mol. The highest BCUT2D eigenvalue weighted by atomic mass is 16.5. The Bertz CT molecular complexity index is 1760. The summed E-state index contributed by atoms with van der Waals surface area (Å²) in [5, 5.41) is 2.93.